The number of amides is 1. The van der Waals surface area contributed by atoms with Crippen LogP contribution in [0.4, 0.5) is 19.0 Å². The fraction of sp³-hybridized carbons (Fsp3) is 0.515. The number of alkyl halides is 3. The summed E-state index contributed by atoms with van der Waals surface area (Å²) in [5.41, 5.74) is 9.75. The topological polar surface area (TPSA) is 125 Å². The molecule has 4 N–H and O–H groups in total. The van der Waals surface area contributed by atoms with Gasteiger partial charge in [-0.3, -0.25) is 9.69 Å². The Hall–Kier alpha value is -3.73. The highest BCUT2D eigenvalue weighted by molar-refractivity contribution is 7.18. The Labute approximate surface area is 269 Å². The number of nitriles is 1. The lowest BCUT2D eigenvalue weighted by Gasteiger charge is -2.70. The third kappa shape index (κ3) is 5.82. The summed E-state index contributed by atoms with van der Waals surface area (Å²) < 4.78 is 41.0. The van der Waals surface area contributed by atoms with E-state index in [1.165, 1.54) is 17.5 Å². The van der Waals surface area contributed by atoms with Crippen LogP contribution in [0.15, 0.2) is 30.6 Å². The molecule has 0 unspecified atom stereocenters. The Morgan fingerprint density at radius 2 is 1.93 bits per heavy atom. The number of aryl methyl sites for hydroxylation is 1. The zero-order chi connectivity index (χ0) is 32.3. The van der Waals surface area contributed by atoms with E-state index in [-0.39, 0.29) is 27.8 Å². The molecule has 3 aliphatic carbocycles. The molecule has 1 aromatic carbocycles. The lowest BCUT2D eigenvalue weighted by Crippen LogP contribution is -2.75. The van der Waals surface area contributed by atoms with Crippen molar-refractivity contribution >= 4 is 44.2 Å². The summed E-state index contributed by atoms with van der Waals surface area (Å²) in [6.07, 6.45) is 1.14. The van der Waals surface area contributed by atoms with Gasteiger partial charge in [-0.25, -0.2) is 9.97 Å². The fourth-order valence-electron chi connectivity index (χ4n) is 8.05. The molecule has 1 aliphatic heterocycles. The molecule has 13 heteroatoms. The zero-order valence-corrected chi connectivity index (χ0v) is 26.5. The van der Waals surface area contributed by atoms with Gasteiger partial charge in [0.1, 0.15) is 28.7 Å². The molecule has 9 nitrogen and oxygen atoms in total. The number of benzene rings is 1. The number of piperidine rings is 1. The molecule has 4 aliphatic rings. The second-order valence-corrected chi connectivity index (χ2v) is 14.7. The van der Waals surface area contributed by atoms with E-state index in [9.17, 15) is 23.2 Å². The number of aromatic nitrogens is 3. The molecular weight excluding hydrogens is 613 g/mol. The average Bonchev–Trinajstić information content (AvgIpc) is 3.54. The highest BCUT2D eigenvalue weighted by Crippen LogP contribution is 2.68. The van der Waals surface area contributed by atoms with Crippen LogP contribution in [0.2, 0.25) is 0 Å². The number of halogens is 3. The van der Waals surface area contributed by atoms with Crippen molar-refractivity contribution in [2.75, 3.05) is 25.0 Å². The minimum Gasteiger partial charge on any atom is -0.367 e. The zero-order valence-electron chi connectivity index (χ0n) is 25.7. The summed E-state index contributed by atoms with van der Waals surface area (Å²) >= 11 is 1.06. The maximum absolute atomic E-state index is 12.9. The van der Waals surface area contributed by atoms with Crippen molar-refractivity contribution in [1.29, 1.82) is 5.26 Å². The number of hydrogen-bond acceptors (Lipinski definition) is 8. The maximum Gasteiger partial charge on any atom is 0.393 e. The van der Waals surface area contributed by atoms with Crippen LogP contribution in [0.25, 0.3) is 21.1 Å². The van der Waals surface area contributed by atoms with Gasteiger partial charge in [-0.2, -0.15) is 18.4 Å². The molecule has 242 valence electrons. The quantitative estimate of drug-likeness (QED) is 0.210. The number of anilines is 1. The van der Waals surface area contributed by atoms with Gasteiger partial charge in [-0.1, -0.05) is 6.07 Å². The summed E-state index contributed by atoms with van der Waals surface area (Å²) in [4.78, 5) is 23.8. The molecule has 0 spiro atoms. The summed E-state index contributed by atoms with van der Waals surface area (Å²) in [5.74, 6) is 0.619. The first-order valence-electron chi connectivity index (χ1n) is 15.8. The largest absolute Gasteiger partial charge is 0.393 e. The van der Waals surface area contributed by atoms with E-state index in [4.69, 9.17) is 5.73 Å². The van der Waals surface area contributed by atoms with Crippen LogP contribution < -0.4 is 16.4 Å². The molecule has 4 heterocycles. The number of carbonyl (C=O) groups is 1. The Morgan fingerprint density at radius 3 is 2.63 bits per heavy atom. The van der Waals surface area contributed by atoms with Crippen LogP contribution in [-0.2, 0) is 24.3 Å². The van der Waals surface area contributed by atoms with Crippen molar-refractivity contribution in [3.63, 3.8) is 0 Å². The van der Waals surface area contributed by atoms with Gasteiger partial charge in [0.25, 0.3) is 0 Å². The van der Waals surface area contributed by atoms with Crippen molar-refractivity contribution in [1.82, 2.24) is 24.8 Å². The van der Waals surface area contributed by atoms with Crippen molar-refractivity contribution in [3.05, 3.63) is 52.3 Å². The van der Waals surface area contributed by atoms with E-state index in [2.05, 4.69) is 55.2 Å². The van der Waals surface area contributed by atoms with Crippen molar-refractivity contribution < 1.29 is 18.0 Å². The SMILES string of the molecule is Cc1c(CN2CCC(Nc3ncnc4sc(CC(F)(F)F)cc34)CC2)ccc2c1cc(C#N)n2CC12CC(NC(=O)CCN)(C1)C2. The van der Waals surface area contributed by atoms with Crippen LogP contribution in [0.1, 0.15) is 60.2 Å². The number of likely N-dealkylation sites (tertiary alicyclic amines) is 1. The first-order valence-corrected chi connectivity index (χ1v) is 16.6. The molecule has 1 saturated heterocycles. The molecule has 8 rings (SSSR count). The molecule has 46 heavy (non-hydrogen) atoms. The summed E-state index contributed by atoms with van der Waals surface area (Å²) in [6, 6.07) is 10.5. The molecule has 2 bridgehead atoms. The first kappa shape index (κ1) is 30.9. The van der Waals surface area contributed by atoms with Gasteiger partial charge in [0.2, 0.25) is 5.91 Å². The molecule has 3 saturated carbocycles. The molecule has 0 atom stereocenters. The van der Waals surface area contributed by atoms with Crippen molar-refractivity contribution in [2.45, 2.75) is 82.7 Å². The predicted octanol–water partition coefficient (Wildman–Crippen LogP) is 5.40. The van der Waals surface area contributed by atoms with Gasteiger partial charge in [-0.15, -0.1) is 11.3 Å². The average molecular weight is 651 g/mol. The van der Waals surface area contributed by atoms with Gasteiger partial charge < -0.3 is 20.9 Å². The van der Waals surface area contributed by atoms with Crippen LogP contribution in [0.5, 0.6) is 0 Å². The number of nitrogens with two attached hydrogens (primary N) is 1. The van der Waals surface area contributed by atoms with E-state index in [1.54, 1.807) is 6.07 Å². The Balaban J connectivity index is 0.980. The minimum atomic E-state index is -4.26. The van der Waals surface area contributed by atoms with Crippen molar-refractivity contribution in [2.24, 2.45) is 11.1 Å². The molecule has 1 amide bonds. The number of hydrogen-bond donors (Lipinski definition) is 3. The van der Waals surface area contributed by atoms with E-state index in [0.29, 0.717) is 34.7 Å². The second kappa shape index (κ2) is 11.5. The second-order valence-electron chi connectivity index (χ2n) is 13.5. The molecular formula is C33H37F3N8OS. The van der Waals surface area contributed by atoms with Crippen LogP contribution in [-0.4, -0.2) is 62.7 Å². The molecule has 3 aromatic heterocycles. The molecule has 0 radical (unpaired) electrons. The van der Waals surface area contributed by atoms with Gasteiger partial charge in [-0.05, 0) is 73.8 Å². The summed E-state index contributed by atoms with van der Waals surface area (Å²) in [7, 11) is 0. The van der Waals surface area contributed by atoms with Crippen LogP contribution in [0, 0.1) is 23.7 Å². The number of rotatable bonds is 10. The van der Waals surface area contributed by atoms with Crippen LogP contribution in [0.3, 0.4) is 0 Å². The normalized spacial score (nSPS) is 23.2. The van der Waals surface area contributed by atoms with Gasteiger partial charge >= 0.3 is 6.18 Å². The minimum absolute atomic E-state index is 0.0236. The van der Waals surface area contributed by atoms with Crippen molar-refractivity contribution in [3.8, 4) is 6.07 Å². The Morgan fingerprint density at radius 1 is 1.17 bits per heavy atom. The highest BCUT2D eigenvalue weighted by Gasteiger charge is 2.68. The van der Waals surface area contributed by atoms with Gasteiger partial charge in [0.05, 0.1) is 11.8 Å². The lowest BCUT2D eigenvalue weighted by molar-refractivity contribution is -0.171. The highest BCUT2D eigenvalue weighted by atomic mass is 32.1. The maximum atomic E-state index is 12.9. The smallest absolute Gasteiger partial charge is 0.367 e. The summed E-state index contributed by atoms with van der Waals surface area (Å²) in [6.45, 7) is 5.83. The van der Waals surface area contributed by atoms with E-state index < -0.39 is 12.6 Å². The lowest BCUT2D eigenvalue weighted by atomic mass is 9.39. The number of carbonyl (C=O) groups excluding carboxylic acids is 1. The Bertz CT molecular complexity index is 1830. The van der Waals surface area contributed by atoms with Gasteiger partial charge in [0.15, 0.2) is 0 Å². The van der Waals surface area contributed by atoms with Gasteiger partial charge in [0, 0.05) is 66.5 Å². The number of fused-ring (bicyclic) bond motifs is 2. The standard InChI is InChI=1S/C33H37F3N8OS/c1-20-21(2-3-27-25(20)10-23(13-38)44(27)18-31-15-32(16-31,17-31)42-28(45)4-7-37)14-43-8-5-22(6-9-43)41-29-26-11-24(12-33(34,35)36)46-30(26)40-19-39-29/h2-3,10-11,19,22H,4-9,12,14-18,37H2,1H3,(H,42,45)(H,39,40,41). The van der Waals surface area contributed by atoms with E-state index in [1.807, 2.05) is 6.07 Å². The molecule has 4 fully saturated rings. The number of thiophene rings is 1. The third-order valence-corrected chi connectivity index (χ3v) is 11.1. The number of nitrogens with one attached hydrogen (secondary N) is 2. The molecule has 4 aromatic rings. The third-order valence-electron chi connectivity index (χ3n) is 10.1. The fourth-order valence-corrected chi connectivity index (χ4v) is 9.08. The monoisotopic (exact) mass is 650 g/mol. The predicted molar refractivity (Wildman–Crippen MR) is 171 cm³/mol. The van der Waals surface area contributed by atoms with Crippen LogP contribution >= 0.6 is 11.3 Å². The van der Waals surface area contributed by atoms with E-state index >= 15 is 0 Å². The number of nitrogens with zero attached hydrogens (tertiary/aromatic N) is 5. The first-order chi connectivity index (χ1) is 22.0. The Kier molecular flexibility index (Phi) is 7.73. The summed E-state index contributed by atoms with van der Waals surface area (Å²) in [5, 5.41) is 18.4. The van der Waals surface area contributed by atoms with E-state index in [0.717, 1.165) is 80.5 Å².